The van der Waals surface area contributed by atoms with E-state index in [0.29, 0.717) is 0 Å². The van der Waals surface area contributed by atoms with Gasteiger partial charge in [-0.25, -0.2) is 0 Å². The highest BCUT2D eigenvalue weighted by Crippen LogP contribution is 2.69. The normalized spacial score (nSPS) is 50.7. The first kappa shape index (κ1) is 22.0. The third-order valence-electron chi connectivity index (χ3n) is 11.6. The second kappa shape index (κ2) is 8.22. The fraction of sp³-hybridized carbons (Fsp3) is 0.806. The van der Waals surface area contributed by atoms with E-state index in [1.165, 1.54) is 74.5 Å². The van der Waals surface area contributed by atoms with Crippen LogP contribution < -0.4 is 0 Å². The Morgan fingerprint density at radius 3 is 1.26 bits per heavy atom. The van der Waals surface area contributed by atoms with Crippen molar-refractivity contribution in [1.29, 1.82) is 0 Å². The summed E-state index contributed by atoms with van der Waals surface area (Å²) >= 11 is 0. The van der Waals surface area contributed by atoms with Crippen molar-refractivity contribution in [3.8, 4) is 0 Å². The van der Waals surface area contributed by atoms with Crippen LogP contribution in [0.5, 0.6) is 0 Å². The van der Waals surface area contributed by atoms with Gasteiger partial charge in [-0.2, -0.15) is 0 Å². The lowest BCUT2D eigenvalue weighted by atomic mass is 9.38. The molecule has 31 heavy (non-hydrogen) atoms. The van der Waals surface area contributed by atoms with Crippen molar-refractivity contribution in [2.45, 2.75) is 85.5 Å². The zero-order valence-electron chi connectivity index (χ0n) is 20.9. The molecule has 5 aliphatic rings. The molecule has 0 aromatic heterocycles. The summed E-state index contributed by atoms with van der Waals surface area (Å²) in [5, 5.41) is 0. The predicted molar refractivity (Wildman–Crippen MR) is 134 cm³/mol. The van der Waals surface area contributed by atoms with E-state index >= 15 is 0 Å². The number of rotatable bonds is 4. The van der Waals surface area contributed by atoms with Crippen LogP contribution in [-0.4, -0.2) is 0 Å². The summed E-state index contributed by atoms with van der Waals surface area (Å²) in [4.78, 5) is 0. The van der Waals surface area contributed by atoms with E-state index in [0.717, 1.165) is 71.0 Å². The summed E-state index contributed by atoms with van der Waals surface area (Å²) in [5.41, 5.74) is 4.44. The van der Waals surface area contributed by atoms with Gasteiger partial charge in [-0.1, -0.05) is 49.8 Å². The maximum absolute atomic E-state index is 4.52. The molecule has 12 unspecified atom stereocenters. The molecular formula is C31H48. The first-order valence-electron chi connectivity index (χ1n) is 13.8. The second-order valence-corrected chi connectivity index (χ2v) is 12.8. The minimum absolute atomic E-state index is 0.747. The monoisotopic (exact) mass is 420 g/mol. The Balaban J connectivity index is 1.56. The molecule has 0 aromatic rings. The number of allylic oxidation sites excluding steroid dienone is 3. The number of fused-ring (bicyclic) bond motifs is 2. The van der Waals surface area contributed by atoms with Gasteiger partial charge in [0.15, 0.2) is 0 Å². The molecule has 0 radical (unpaired) electrons. The first-order valence-corrected chi connectivity index (χ1v) is 13.8. The molecule has 5 fully saturated rings. The summed E-state index contributed by atoms with van der Waals surface area (Å²) < 4.78 is 0. The van der Waals surface area contributed by atoms with Gasteiger partial charge in [0.1, 0.15) is 0 Å². The van der Waals surface area contributed by atoms with Crippen LogP contribution in [-0.2, 0) is 0 Å². The fourth-order valence-electron chi connectivity index (χ4n) is 10.8. The van der Waals surface area contributed by atoms with E-state index < -0.39 is 0 Å². The highest BCUT2D eigenvalue weighted by atomic mass is 14.7. The van der Waals surface area contributed by atoms with Gasteiger partial charge >= 0.3 is 0 Å². The maximum Gasteiger partial charge on any atom is -0.0172 e. The van der Waals surface area contributed by atoms with Crippen molar-refractivity contribution in [3.63, 3.8) is 0 Å². The Morgan fingerprint density at radius 2 is 0.871 bits per heavy atom. The van der Waals surface area contributed by atoms with Gasteiger partial charge in [-0.3, -0.25) is 0 Å². The molecule has 0 heterocycles. The van der Waals surface area contributed by atoms with Crippen LogP contribution >= 0.6 is 0 Å². The van der Waals surface area contributed by atoms with E-state index in [1.54, 1.807) is 0 Å². The third-order valence-corrected chi connectivity index (χ3v) is 11.6. The van der Waals surface area contributed by atoms with Gasteiger partial charge in [0.25, 0.3) is 0 Å². The standard InChI is InChI=1S/C31H48/c1-8-20-9-10-24-26-15-12-22(18(4)5)29-23(19(6)7)13-16-27(31(26)29)25-14-11-21(17(2)3)28(20)30(24)25/h20-31H,2,4,6,8-16H2,1,3,5,7H3. The van der Waals surface area contributed by atoms with Crippen LogP contribution in [0.4, 0.5) is 0 Å². The molecule has 12 atom stereocenters. The van der Waals surface area contributed by atoms with E-state index in [2.05, 4.69) is 47.4 Å². The Bertz CT molecular complexity index is 705. The Morgan fingerprint density at radius 1 is 0.516 bits per heavy atom. The molecule has 0 aromatic carbocycles. The van der Waals surface area contributed by atoms with E-state index in [1.807, 2.05) is 0 Å². The molecule has 0 saturated heterocycles. The van der Waals surface area contributed by atoms with Crippen molar-refractivity contribution in [3.05, 3.63) is 36.5 Å². The molecular weight excluding hydrogens is 372 g/mol. The molecule has 172 valence electrons. The highest BCUT2D eigenvalue weighted by Gasteiger charge is 2.62. The van der Waals surface area contributed by atoms with Crippen molar-refractivity contribution in [1.82, 2.24) is 0 Å². The molecule has 0 N–H and O–H groups in total. The number of hydrogen-bond acceptors (Lipinski definition) is 0. The van der Waals surface area contributed by atoms with E-state index in [9.17, 15) is 0 Å². The average Bonchev–Trinajstić information content (AvgIpc) is 2.75. The van der Waals surface area contributed by atoms with Gasteiger partial charge in [-0.15, -0.1) is 0 Å². The Kier molecular flexibility index (Phi) is 5.84. The van der Waals surface area contributed by atoms with Crippen LogP contribution in [0.15, 0.2) is 36.5 Å². The van der Waals surface area contributed by atoms with E-state index in [-0.39, 0.29) is 0 Å². The SMILES string of the molecule is C=C(C)C1CCC2C3CCC(C(=C)C)C4C(C(=C)C)CCC(C5CCC(CC)C1C52)C34. The molecule has 5 saturated carbocycles. The fourth-order valence-corrected chi connectivity index (χ4v) is 10.8. The van der Waals surface area contributed by atoms with Crippen molar-refractivity contribution in [2.75, 3.05) is 0 Å². The third kappa shape index (κ3) is 3.28. The minimum atomic E-state index is 0.747. The van der Waals surface area contributed by atoms with Crippen LogP contribution in [0.25, 0.3) is 0 Å². The van der Waals surface area contributed by atoms with Gasteiger partial charge in [0.05, 0.1) is 0 Å². The predicted octanol–water partition coefficient (Wildman–Crippen LogP) is 8.71. The largest absolute Gasteiger partial charge is 0.0999 e. The smallest absolute Gasteiger partial charge is 0.0172 e. The quantitative estimate of drug-likeness (QED) is 0.399. The lowest BCUT2D eigenvalue weighted by Crippen LogP contribution is -2.61. The Hall–Kier alpha value is -0.780. The molecule has 0 spiro atoms. The molecule has 0 aliphatic heterocycles. The first-order chi connectivity index (χ1) is 14.8. The summed E-state index contributed by atoms with van der Waals surface area (Å²) in [7, 11) is 0. The summed E-state index contributed by atoms with van der Waals surface area (Å²) in [6.07, 6.45) is 13.1. The lowest BCUT2D eigenvalue weighted by Gasteiger charge is -2.67. The van der Waals surface area contributed by atoms with Gasteiger partial charge in [0.2, 0.25) is 0 Å². The molecule has 0 amide bonds. The van der Waals surface area contributed by atoms with Crippen LogP contribution in [0, 0.1) is 71.0 Å². The van der Waals surface area contributed by atoms with Crippen molar-refractivity contribution >= 4 is 0 Å². The zero-order chi connectivity index (χ0) is 22.0. The molecule has 5 aliphatic carbocycles. The molecule has 0 heteroatoms. The van der Waals surface area contributed by atoms with Crippen LogP contribution in [0.2, 0.25) is 0 Å². The van der Waals surface area contributed by atoms with Gasteiger partial charge < -0.3 is 0 Å². The molecule has 0 bridgehead atoms. The summed E-state index contributed by atoms with van der Waals surface area (Å²) in [6.45, 7) is 23.0. The highest BCUT2D eigenvalue weighted by molar-refractivity contribution is 5.19. The van der Waals surface area contributed by atoms with Gasteiger partial charge in [-0.05, 0) is 143 Å². The summed E-state index contributed by atoms with van der Waals surface area (Å²) in [6, 6.07) is 0. The van der Waals surface area contributed by atoms with Crippen LogP contribution in [0.3, 0.4) is 0 Å². The molecule has 5 rings (SSSR count). The maximum atomic E-state index is 4.52. The Labute approximate surface area is 193 Å². The average molecular weight is 421 g/mol. The minimum Gasteiger partial charge on any atom is -0.0999 e. The van der Waals surface area contributed by atoms with Crippen molar-refractivity contribution < 1.29 is 0 Å². The topological polar surface area (TPSA) is 0 Å². The zero-order valence-corrected chi connectivity index (χ0v) is 20.9. The van der Waals surface area contributed by atoms with E-state index in [4.69, 9.17) is 0 Å². The lowest BCUT2D eigenvalue weighted by molar-refractivity contribution is -0.174. The van der Waals surface area contributed by atoms with Gasteiger partial charge in [0, 0.05) is 0 Å². The number of hydrogen-bond donors (Lipinski definition) is 0. The molecule has 0 nitrogen and oxygen atoms in total. The van der Waals surface area contributed by atoms with Crippen molar-refractivity contribution in [2.24, 2.45) is 71.0 Å². The summed E-state index contributed by atoms with van der Waals surface area (Å²) in [5.74, 6) is 11.0. The van der Waals surface area contributed by atoms with Crippen LogP contribution in [0.1, 0.15) is 85.5 Å². The second-order valence-electron chi connectivity index (χ2n) is 12.8.